The van der Waals surface area contributed by atoms with E-state index < -0.39 is 10.0 Å². The van der Waals surface area contributed by atoms with Gasteiger partial charge in [-0.3, -0.25) is 0 Å². The Bertz CT molecular complexity index is 337. The Morgan fingerprint density at radius 3 is 2.76 bits per heavy atom. The Labute approximate surface area is 103 Å². The van der Waals surface area contributed by atoms with E-state index in [9.17, 15) is 8.42 Å². The molecule has 0 aromatic carbocycles. The van der Waals surface area contributed by atoms with Crippen LogP contribution < -0.4 is 5.32 Å². The number of rotatable bonds is 4. The molecular weight excluding hydrogens is 240 g/mol. The van der Waals surface area contributed by atoms with Gasteiger partial charge >= 0.3 is 0 Å². The molecule has 0 aromatic rings. The summed E-state index contributed by atoms with van der Waals surface area (Å²) in [6.07, 6.45) is 4.19. The zero-order valence-corrected chi connectivity index (χ0v) is 11.0. The maximum Gasteiger partial charge on any atom is 0.218 e. The van der Waals surface area contributed by atoms with Crippen molar-refractivity contribution in [3.05, 3.63) is 0 Å². The molecule has 2 saturated heterocycles. The number of aliphatic hydroxyl groups is 1. The van der Waals surface area contributed by atoms with Crippen molar-refractivity contribution >= 4 is 10.0 Å². The predicted octanol–water partition coefficient (Wildman–Crippen LogP) is -0.0850. The van der Waals surface area contributed by atoms with Gasteiger partial charge in [-0.05, 0) is 32.2 Å². The lowest BCUT2D eigenvalue weighted by Crippen LogP contribution is -2.48. The van der Waals surface area contributed by atoms with Crippen LogP contribution >= 0.6 is 0 Å². The average molecular weight is 262 g/mol. The molecule has 0 spiro atoms. The summed E-state index contributed by atoms with van der Waals surface area (Å²) in [7, 11) is -3.17. The average Bonchev–Trinajstić information content (AvgIpc) is 2.84. The third kappa shape index (κ3) is 2.81. The third-order valence-corrected chi connectivity index (χ3v) is 6.18. The minimum absolute atomic E-state index is 0.0133. The summed E-state index contributed by atoms with van der Waals surface area (Å²) in [4.78, 5) is 0. The highest BCUT2D eigenvalue weighted by molar-refractivity contribution is 7.89. The van der Waals surface area contributed by atoms with Crippen LogP contribution in [0.15, 0.2) is 0 Å². The fraction of sp³-hybridized carbons (Fsp3) is 1.00. The maximum atomic E-state index is 12.5. The first-order chi connectivity index (χ1) is 8.16. The van der Waals surface area contributed by atoms with E-state index in [-0.39, 0.29) is 17.9 Å². The molecule has 0 amide bonds. The number of hydrogen-bond acceptors (Lipinski definition) is 4. The van der Waals surface area contributed by atoms with E-state index in [0.717, 1.165) is 25.8 Å². The first kappa shape index (κ1) is 13.3. The molecule has 0 radical (unpaired) electrons. The monoisotopic (exact) mass is 262 g/mol. The summed E-state index contributed by atoms with van der Waals surface area (Å²) in [6, 6.07) is 0.0133. The van der Waals surface area contributed by atoms with Crippen LogP contribution in [0.4, 0.5) is 0 Å². The minimum Gasteiger partial charge on any atom is -0.396 e. The number of hydrogen-bond donors (Lipinski definition) is 2. The van der Waals surface area contributed by atoms with Crippen molar-refractivity contribution in [1.29, 1.82) is 0 Å². The van der Waals surface area contributed by atoms with Gasteiger partial charge < -0.3 is 10.4 Å². The van der Waals surface area contributed by atoms with E-state index in [1.165, 1.54) is 0 Å². The molecule has 2 aliphatic heterocycles. The summed E-state index contributed by atoms with van der Waals surface area (Å²) in [5.74, 6) is 0. The molecule has 17 heavy (non-hydrogen) atoms. The normalized spacial score (nSPS) is 31.8. The summed E-state index contributed by atoms with van der Waals surface area (Å²) in [5.41, 5.74) is 0. The van der Waals surface area contributed by atoms with Crippen LogP contribution in [0.2, 0.25) is 0 Å². The van der Waals surface area contributed by atoms with Crippen molar-refractivity contribution < 1.29 is 13.5 Å². The van der Waals surface area contributed by atoms with Gasteiger partial charge in [0, 0.05) is 25.7 Å². The largest absolute Gasteiger partial charge is 0.396 e. The smallest absolute Gasteiger partial charge is 0.218 e. The molecule has 0 aromatic heterocycles. The molecule has 6 heteroatoms. The second-order valence-corrected chi connectivity index (χ2v) is 7.10. The quantitative estimate of drug-likeness (QED) is 0.743. The predicted molar refractivity (Wildman–Crippen MR) is 66.2 cm³/mol. The van der Waals surface area contributed by atoms with Gasteiger partial charge in [-0.15, -0.1) is 0 Å². The summed E-state index contributed by atoms with van der Waals surface area (Å²) >= 11 is 0. The SMILES string of the molecule is O=S(=O)(C1CCNC1)N1CCCCC1CCO. The molecular formula is C11H22N2O3S. The Morgan fingerprint density at radius 2 is 2.12 bits per heavy atom. The van der Waals surface area contributed by atoms with Gasteiger partial charge in [0.1, 0.15) is 0 Å². The maximum absolute atomic E-state index is 12.5. The van der Waals surface area contributed by atoms with Gasteiger partial charge in [0.25, 0.3) is 0 Å². The molecule has 0 bridgehead atoms. The first-order valence-electron chi connectivity index (χ1n) is 6.48. The summed E-state index contributed by atoms with van der Waals surface area (Å²) in [5, 5.41) is 11.9. The second kappa shape index (κ2) is 5.65. The molecule has 5 nitrogen and oxygen atoms in total. The van der Waals surface area contributed by atoms with Crippen molar-refractivity contribution in [2.75, 3.05) is 26.2 Å². The van der Waals surface area contributed by atoms with Crippen LogP contribution in [0, 0.1) is 0 Å². The topological polar surface area (TPSA) is 69.6 Å². The zero-order valence-electron chi connectivity index (χ0n) is 10.1. The van der Waals surface area contributed by atoms with E-state index in [0.29, 0.717) is 25.9 Å². The summed E-state index contributed by atoms with van der Waals surface area (Å²) in [6.45, 7) is 2.07. The van der Waals surface area contributed by atoms with Crippen molar-refractivity contribution in [2.24, 2.45) is 0 Å². The van der Waals surface area contributed by atoms with Crippen molar-refractivity contribution in [1.82, 2.24) is 9.62 Å². The first-order valence-corrected chi connectivity index (χ1v) is 7.99. The minimum atomic E-state index is -3.17. The van der Waals surface area contributed by atoms with Crippen LogP contribution in [-0.4, -0.2) is 55.4 Å². The van der Waals surface area contributed by atoms with Gasteiger partial charge in [-0.1, -0.05) is 6.42 Å². The molecule has 2 fully saturated rings. The number of piperidine rings is 1. The third-order valence-electron chi connectivity index (χ3n) is 3.80. The molecule has 2 unspecified atom stereocenters. The van der Waals surface area contributed by atoms with Gasteiger partial charge in [0.2, 0.25) is 10.0 Å². The highest BCUT2D eigenvalue weighted by atomic mass is 32.2. The van der Waals surface area contributed by atoms with Gasteiger partial charge in [-0.25, -0.2) is 8.42 Å². The summed E-state index contributed by atoms with van der Waals surface area (Å²) < 4.78 is 26.6. The second-order valence-electron chi connectivity index (χ2n) is 4.93. The Balaban J connectivity index is 2.11. The van der Waals surface area contributed by atoms with Gasteiger partial charge in [0.05, 0.1) is 5.25 Å². The van der Waals surface area contributed by atoms with Gasteiger partial charge in [0.15, 0.2) is 0 Å². The lowest BCUT2D eigenvalue weighted by Gasteiger charge is -2.36. The van der Waals surface area contributed by atoms with E-state index in [1.54, 1.807) is 4.31 Å². The molecule has 100 valence electrons. The molecule has 0 aliphatic carbocycles. The van der Waals surface area contributed by atoms with Crippen molar-refractivity contribution in [2.45, 2.75) is 43.4 Å². The highest BCUT2D eigenvalue weighted by Gasteiger charge is 2.38. The van der Waals surface area contributed by atoms with Crippen molar-refractivity contribution in [3.63, 3.8) is 0 Å². The van der Waals surface area contributed by atoms with Crippen molar-refractivity contribution in [3.8, 4) is 0 Å². The Hall–Kier alpha value is -0.170. The molecule has 0 saturated carbocycles. The van der Waals surface area contributed by atoms with Crippen LogP contribution in [0.1, 0.15) is 32.1 Å². The van der Waals surface area contributed by atoms with E-state index in [2.05, 4.69) is 5.32 Å². The van der Waals surface area contributed by atoms with E-state index in [4.69, 9.17) is 5.11 Å². The van der Waals surface area contributed by atoms with Crippen LogP contribution in [-0.2, 0) is 10.0 Å². The number of sulfonamides is 1. The highest BCUT2D eigenvalue weighted by Crippen LogP contribution is 2.26. The number of nitrogens with zero attached hydrogens (tertiary/aromatic N) is 1. The lowest BCUT2D eigenvalue weighted by molar-refractivity contribution is 0.191. The fourth-order valence-corrected chi connectivity index (χ4v) is 4.96. The van der Waals surface area contributed by atoms with Gasteiger partial charge in [-0.2, -0.15) is 4.31 Å². The van der Waals surface area contributed by atoms with Crippen LogP contribution in [0.5, 0.6) is 0 Å². The molecule has 2 rings (SSSR count). The Morgan fingerprint density at radius 1 is 1.29 bits per heavy atom. The Kier molecular flexibility index (Phi) is 4.41. The number of aliphatic hydroxyl groups excluding tert-OH is 1. The molecule has 2 heterocycles. The van der Waals surface area contributed by atoms with Crippen LogP contribution in [0.3, 0.4) is 0 Å². The zero-order chi connectivity index (χ0) is 12.3. The standard InChI is InChI=1S/C11H22N2O3S/c14-8-5-10-3-1-2-7-13(10)17(15,16)11-4-6-12-9-11/h10-12,14H,1-9H2. The van der Waals surface area contributed by atoms with E-state index in [1.807, 2.05) is 0 Å². The lowest BCUT2D eigenvalue weighted by atomic mass is 10.0. The molecule has 2 atom stereocenters. The molecule has 2 aliphatic rings. The number of nitrogens with one attached hydrogen (secondary N) is 1. The fourth-order valence-electron chi connectivity index (χ4n) is 2.82. The molecule has 2 N–H and O–H groups in total. The van der Waals surface area contributed by atoms with E-state index >= 15 is 0 Å². The van der Waals surface area contributed by atoms with Crippen LogP contribution in [0.25, 0.3) is 0 Å².